The predicted molar refractivity (Wildman–Crippen MR) is 74.3 cm³/mol. The first-order valence-electron chi connectivity index (χ1n) is 6.35. The molecule has 0 bridgehead atoms. The van der Waals surface area contributed by atoms with Crippen LogP contribution in [-0.2, 0) is 11.1 Å². The molecule has 0 unspecified atom stereocenters. The molecule has 8 nitrogen and oxygen atoms in total. The summed E-state index contributed by atoms with van der Waals surface area (Å²) in [5, 5.41) is 2.93. The summed E-state index contributed by atoms with van der Waals surface area (Å²) in [4.78, 5) is 37.2. The Bertz CT molecular complexity index is 563. The number of hydrogen-bond donors (Lipinski definition) is 3. The van der Waals surface area contributed by atoms with Crippen molar-refractivity contribution >= 4 is 25.5 Å². The molecule has 110 valence electrons. The number of nitrogens with zero attached hydrogens (tertiary/aromatic N) is 3. The second-order valence-electron chi connectivity index (χ2n) is 4.62. The second-order valence-corrected chi connectivity index (χ2v) is 6.40. The van der Waals surface area contributed by atoms with E-state index in [4.69, 9.17) is 9.79 Å². The number of anilines is 1. The van der Waals surface area contributed by atoms with Gasteiger partial charge in [0.25, 0.3) is 0 Å². The molecule has 0 spiro atoms. The maximum Gasteiger partial charge on any atom is 0.325 e. The lowest BCUT2D eigenvalue weighted by Crippen LogP contribution is -2.07. The highest BCUT2D eigenvalue weighted by molar-refractivity contribution is 7.51. The maximum atomic E-state index is 11.7. The lowest BCUT2D eigenvalue weighted by Gasteiger charge is -2.08. The van der Waals surface area contributed by atoms with Gasteiger partial charge in [-0.15, -0.1) is 0 Å². The lowest BCUT2D eigenvalue weighted by atomic mass is 10.2. The molecule has 0 amide bonds. The highest BCUT2D eigenvalue weighted by Crippen LogP contribution is 2.35. The number of unbranched alkanes of at least 4 members (excludes halogenated alkanes) is 2. The molecule has 0 aliphatic carbocycles. The number of Topliss-reactive ketones (excluding diaryl/α,β-unsaturated/α-hetero) is 1. The van der Waals surface area contributed by atoms with Crippen molar-refractivity contribution in [2.45, 2.75) is 25.8 Å². The summed E-state index contributed by atoms with van der Waals surface area (Å²) in [7, 11) is -3.89. The number of ketones is 1. The first-order chi connectivity index (χ1) is 9.47. The van der Waals surface area contributed by atoms with Gasteiger partial charge in [-0.05, 0) is 12.8 Å². The average Bonchev–Trinajstić information content (AvgIpc) is 2.67. The zero-order valence-corrected chi connectivity index (χ0v) is 11.8. The van der Waals surface area contributed by atoms with Crippen LogP contribution in [0.3, 0.4) is 0 Å². The molecule has 9 heteroatoms. The molecular weight excluding hydrogens is 283 g/mol. The number of rotatable bonds is 6. The maximum absolute atomic E-state index is 11.7. The van der Waals surface area contributed by atoms with Crippen molar-refractivity contribution in [3.8, 4) is 0 Å². The van der Waals surface area contributed by atoms with Gasteiger partial charge < -0.3 is 19.7 Å². The molecule has 1 aromatic rings. The van der Waals surface area contributed by atoms with Crippen molar-refractivity contribution in [2.24, 2.45) is 4.99 Å². The molecule has 0 fully saturated rings. The Morgan fingerprint density at radius 1 is 1.35 bits per heavy atom. The molecule has 2 rings (SSSR count). The molecule has 1 aromatic heterocycles. The zero-order chi connectivity index (χ0) is 14.6. The fourth-order valence-electron chi connectivity index (χ4n) is 1.99. The van der Waals surface area contributed by atoms with Gasteiger partial charge in [-0.1, -0.05) is 6.42 Å². The number of imidazole rings is 1. The molecule has 3 N–H and O–H groups in total. The van der Waals surface area contributed by atoms with Gasteiger partial charge >= 0.3 is 7.60 Å². The number of hydrogen-bond acceptors (Lipinski definition) is 5. The van der Waals surface area contributed by atoms with E-state index in [9.17, 15) is 9.36 Å². The van der Waals surface area contributed by atoms with E-state index in [1.165, 1.54) is 6.34 Å². The summed E-state index contributed by atoms with van der Waals surface area (Å²) in [5.41, 5.74) is 0.387. The van der Waals surface area contributed by atoms with Crippen LogP contribution in [0.25, 0.3) is 0 Å². The summed E-state index contributed by atoms with van der Waals surface area (Å²) in [6, 6.07) is 0. The molecule has 0 saturated carbocycles. The van der Waals surface area contributed by atoms with Crippen LogP contribution in [0.4, 0.5) is 5.82 Å². The van der Waals surface area contributed by atoms with Crippen molar-refractivity contribution in [3.63, 3.8) is 0 Å². The van der Waals surface area contributed by atoms with Crippen LogP contribution in [0.15, 0.2) is 11.3 Å². The molecule has 1 aliphatic heterocycles. The van der Waals surface area contributed by atoms with Gasteiger partial charge in [-0.25, -0.2) is 4.98 Å². The van der Waals surface area contributed by atoms with Gasteiger partial charge in [0.05, 0.1) is 12.7 Å². The minimum Gasteiger partial charge on any atom is -0.331 e. The van der Waals surface area contributed by atoms with Crippen molar-refractivity contribution in [1.82, 2.24) is 9.55 Å². The number of carbonyl (C=O) groups is 1. The SMILES string of the molecule is O=C1CN=CNc2c1ncn2CCCCCP(=O)(O)O. The summed E-state index contributed by atoms with van der Waals surface area (Å²) < 4.78 is 12.5. The van der Waals surface area contributed by atoms with E-state index in [1.807, 2.05) is 4.57 Å². The molecule has 0 radical (unpaired) electrons. The normalized spacial score (nSPS) is 14.8. The highest BCUT2D eigenvalue weighted by atomic mass is 31.2. The Hall–Kier alpha value is -1.50. The van der Waals surface area contributed by atoms with Crippen LogP contribution in [0, 0.1) is 0 Å². The molecule has 20 heavy (non-hydrogen) atoms. The van der Waals surface area contributed by atoms with Crippen LogP contribution in [0.2, 0.25) is 0 Å². The number of fused-ring (bicyclic) bond motifs is 1. The third kappa shape index (κ3) is 4.00. The van der Waals surface area contributed by atoms with Crippen LogP contribution in [0.1, 0.15) is 29.8 Å². The minimum absolute atomic E-state index is 0.0849. The van der Waals surface area contributed by atoms with E-state index < -0.39 is 7.60 Å². The zero-order valence-electron chi connectivity index (χ0n) is 10.9. The molecule has 0 saturated heterocycles. The van der Waals surface area contributed by atoms with E-state index in [0.29, 0.717) is 30.9 Å². The van der Waals surface area contributed by atoms with Gasteiger partial charge in [-0.2, -0.15) is 0 Å². The Morgan fingerprint density at radius 3 is 2.90 bits per heavy atom. The molecular formula is C11H17N4O4P. The van der Waals surface area contributed by atoms with E-state index in [2.05, 4.69) is 15.3 Å². The van der Waals surface area contributed by atoms with E-state index in [1.54, 1.807) is 6.33 Å². The van der Waals surface area contributed by atoms with Crippen molar-refractivity contribution in [3.05, 3.63) is 12.0 Å². The van der Waals surface area contributed by atoms with Crippen molar-refractivity contribution in [2.75, 3.05) is 18.0 Å². The van der Waals surface area contributed by atoms with Gasteiger partial charge in [0.1, 0.15) is 12.4 Å². The Labute approximate surface area is 116 Å². The van der Waals surface area contributed by atoms with E-state index in [0.717, 1.165) is 6.42 Å². The van der Waals surface area contributed by atoms with Crippen LogP contribution >= 0.6 is 7.60 Å². The summed E-state index contributed by atoms with van der Waals surface area (Å²) >= 11 is 0. The number of aromatic nitrogens is 2. The number of aryl methyl sites for hydroxylation is 1. The third-order valence-corrected chi connectivity index (χ3v) is 3.88. The van der Waals surface area contributed by atoms with Crippen molar-refractivity contribution < 1.29 is 19.1 Å². The Balaban J connectivity index is 1.87. The molecule has 0 aromatic carbocycles. The quantitative estimate of drug-likeness (QED) is 0.530. The standard InChI is InChI=1S/C11H17N4O4P/c16-9-6-12-7-13-11-10(9)14-8-15(11)4-2-1-3-5-20(17,18)19/h7-8H,1-6H2,(H,12,13)(H2,17,18,19). The largest absolute Gasteiger partial charge is 0.331 e. The third-order valence-electron chi connectivity index (χ3n) is 2.98. The lowest BCUT2D eigenvalue weighted by molar-refractivity contribution is 0.0999. The first kappa shape index (κ1) is 14.9. The Kier molecular flexibility index (Phi) is 4.69. The second kappa shape index (κ2) is 6.30. The van der Waals surface area contributed by atoms with Crippen LogP contribution in [-0.4, -0.2) is 44.2 Å². The van der Waals surface area contributed by atoms with Gasteiger partial charge in [-0.3, -0.25) is 14.4 Å². The number of carbonyl (C=O) groups excluding carboxylic acids is 1. The number of nitrogens with one attached hydrogen (secondary N) is 1. The molecule has 0 atom stereocenters. The fraction of sp³-hybridized carbons (Fsp3) is 0.545. The number of aliphatic imine (C=N–C) groups is 1. The summed E-state index contributed by atoms with van der Waals surface area (Å²) in [5.74, 6) is 0.507. The fourth-order valence-corrected chi connectivity index (χ4v) is 2.63. The Morgan fingerprint density at radius 2 is 2.15 bits per heavy atom. The summed E-state index contributed by atoms with van der Waals surface area (Å²) in [6.45, 7) is 0.733. The van der Waals surface area contributed by atoms with Crippen LogP contribution in [0.5, 0.6) is 0 Å². The van der Waals surface area contributed by atoms with Gasteiger partial charge in [0.2, 0.25) is 5.78 Å². The molecule has 2 heterocycles. The minimum atomic E-state index is -3.89. The van der Waals surface area contributed by atoms with E-state index in [-0.39, 0.29) is 18.5 Å². The summed E-state index contributed by atoms with van der Waals surface area (Å²) in [6.07, 6.45) is 4.94. The highest BCUT2D eigenvalue weighted by Gasteiger charge is 2.19. The topological polar surface area (TPSA) is 117 Å². The van der Waals surface area contributed by atoms with Crippen LogP contribution < -0.4 is 5.32 Å². The van der Waals surface area contributed by atoms with Gasteiger partial charge in [0, 0.05) is 12.7 Å². The average molecular weight is 300 g/mol. The van der Waals surface area contributed by atoms with E-state index >= 15 is 0 Å². The van der Waals surface area contributed by atoms with Crippen molar-refractivity contribution in [1.29, 1.82) is 0 Å². The predicted octanol–water partition coefficient (Wildman–Crippen LogP) is 0.868. The monoisotopic (exact) mass is 300 g/mol. The first-order valence-corrected chi connectivity index (χ1v) is 8.15. The van der Waals surface area contributed by atoms with Gasteiger partial charge in [0.15, 0.2) is 5.69 Å². The smallest absolute Gasteiger partial charge is 0.325 e. The molecule has 1 aliphatic rings.